The molecular weight excluding hydrogens is 378 g/mol. The summed E-state index contributed by atoms with van der Waals surface area (Å²) in [5.41, 5.74) is 2.53. The molecule has 1 heterocycles. The van der Waals surface area contributed by atoms with Gasteiger partial charge in [0, 0.05) is 45.1 Å². The van der Waals surface area contributed by atoms with Crippen LogP contribution in [0.2, 0.25) is 0 Å². The minimum Gasteiger partial charge on any atom is -0.398 e. The van der Waals surface area contributed by atoms with E-state index >= 15 is 4.39 Å². The van der Waals surface area contributed by atoms with Crippen molar-refractivity contribution >= 4 is 24.1 Å². The van der Waals surface area contributed by atoms with Gasteiger partial charge in [0.25, 0.3) is 0 Å². The van der Waals surface area contributed by atoms with Gasteiger partial charge in [0.1, 0.15) is 5.73 Å². The number of rotatable bonds is 5. The summed E-state index contributed by atoms with van der Waals surface area (Å²) in [4.78, 5) is 4.03. The molecule has 0 radical (unpaired) electrons. The number of hydrogen-bond donors (Lipinski definition) is 0. The molecule has 4 nitrogen and oxygen atoms in total. The molecule has 0 N–H and O–H groups in total. The molecule has 1 aliphatic rings. The third-order valence-corrected chi connectivity index (χ3v) is 6.04. The Bertz CT molecular complexity index is 850. The molecule has 160 valence electrons. The van der Waals surface area contributed by atoms with E-state index in [9.17, 15) is 0 Å². The van der Waals surface area contributed by atoms with Gasteiger partial charge in [-0.25, -0.2) is 4.39 Å². The monoisotopic (exact) mass is 410 g/mol. The van der Waals surface area contributed by atoms with E-state index in [1.165, 1.54) is 0 Å². The van der Waals surface area contributed by atoms with Gasteiger partial charge in [-0.05, 0) is 63.1 Å². The highest BCUT2D eigenvalue weighted by atomic mass is 19.1. The Kier molecular flexibility index (Phi) is 6.03. The fourth-order valence-corrected chi connectivity index (χ4v) is 3.36. The Balaban J connectivity index is 2.10. The van der Waals surface area contributed by atoms with E-state index in [2.05, 4.69) is 0 Å². The number of benzene rings is 2. The third kappa shape index (κ3) is 4.25. The van der Waals surface area contributed by atoms with Crippen LogP contribution >= 0.6 is 0 Å². The predicted molar refractivity (Wildman–Crippen MR) is 125 cm³/mol. The number of anilines is 2. The van der Waals surface area contributed by atoms with E-state index in [-0.39, 0.29) is 0 Å². The highest BCUT2D eigenvalue weighted by Gasteiger charge is 2.53. The van der Waals surface area contributed by atoms with Gasteiger partial charge in [-0.3, -0.25) is 0 Å². The molecule has 1 saturated heterocycles. The van der Waals surface area contributed by atoms with E-state index in [4.69, 9.17) is 9.31 Å². The molecule has 0 saturated carbocycles. The van der Waals surface area contributed by atoms with E-state index in [0.29, 0.717) is 5.57 Å². The van der Waals surface area contributed by atoms with E-state index in [1.54, 1.807) is 0 Å². The number of halogens is 1. The van der Waals surface area contributed by atoms with Crippen LogP contribution < -0.4 is 9.80 Å². The van der Waals surface area contributed by atoms with Crippen molar-refractivity contribution in [2.75, 3.05) is 38.0 Å². The summed E-state index contributed by atoms with van der Waals surface area (Å²) in [6, 6.07) is 15.7. The maximum Gasteiger partial charge on any atom is 0.525 e. The van der Waals surface area contributed by atoms with Crippen molar-refractivity contribution in [1.29, 1.82) is 0 Å². The first kappa shape index (κ1) is 22.4. The summed E-state index contributed by atoms with van der Waals surface area (Å²) in [5.74, 6) is 0. The van der Waals surface area contributed by atoms with Crippen LogP contribution in [-0.2, 0) is 9.31 Å². The second-order valence-electron chi connectivity index (χ2n) is 9.19. The molecule has 0 aromatic heterocycles. The van der Waals surface area contributed by atoms with Crippen LogP contribution in [0, 0.1) is 0 Å². The van der Waals surface area contributed by atoms with Crippen molar-refractivity contribution in [2.24, 2.45) is 0 Å². The van der Waals surface area contributed by atoms with Crippen molar-refractivity contribution in [3.05, 3.63) is 65.4 Å². The van der Waals surface area contributed by atoms with Crippen molar-refractivity contribution in [1.82, 2.24) is 0 Å². The Labute approximate surface area is 180 Å². The molecule has 3 rings (SSSR count). The number of nitrogens with zero attached hydrogens (tertiary/aromatic N) is 2. The van der Waals surface area contributed by atoms with Gasteiger partial charge < -0.3 is 19.1 Å². The van der Waals surface area contributed by atoms with Gasteiger partial charge in [0.05, 0.1) is 11.2 Å². The zero-order chi connectivity index (χ0) is 22.3. The summed E-state index contributed by atoms with van der Waals surface area (Å²) >= 11 is 0. The van der Waals surface area contributed by atoms with E-state index in [0.717, 1.165) is 22.5 Å². The zero-order valence-corrected chi connectivity index (χ0v) is 19.3. The molecular formula is C24H32BFN2O2. The van der Waals surface area contributed by atoms with Gasteiger partial charge in [0.15, 0.2) is 0 Å². The second kappa shape index (κ2) is 8.08. The van der Waals surface area contributed by atoms with Gasteiger partial charge in [-0.2, -0.15) is 0 Å². The first-order valence-corrected chi connectivity index (χ1v) is 10.2. The average molecular weight is 410 g/mol. The van der Waals surface area contributed by atoms with Crippen molar-refractivity contribution in [3.63, 3.8) is 0 Å². The first-order chi connectivity index (χ1) is 13.9. The molecule has 0 unspecified atom stereocenters. The molecule has 2 aromatic carbocycles. The van der Waals surface area contributed by atoms with Crippen LogP contribution in [0.3, 0.4) is 0 Å². The summed E-state index contributed by atoms with van der Waals surface area (Å²) < 4.78 is 28.0. The van der Waals surface area contributed by atoms with Crippen LogP contribution in [0.4, 0.5) is 15.8 Å². The molecule has 0 spiro atoms. The lowest BCUT2D eigenvalue weighted by Gasteiger charge is -2.32. The van der Waals surface area contributed by atoms with Crippen LogP contribution in [0.25, 0.3) is 5.57 Å². The zero-order valence-electron chi connectivity index (χ0n) is 19.3. The SMILES string of the molecule is CN(C)c1ccc(C(=C(F)B2OC(C)(C)C(C)(C)O2)c2ccc(N(C)C)cc2)cc1. The smallest absolute Gasteiger partial charge is 0.398 e. The molecule has 30 heavy (non-hydrogen) atoms. The average Bonchev–Trinajstić information content (AvgIpc) is 2.90. The Hall–Kier alpha value is -2.31. The summed E-state index contributed by atoms with van der Waals surface area (Å²) in [7, 11) is 6.88. The standard InChI is InChI=1S/C24H32BFN2O2/c1-23(2)24(3,4)30-25(29-23)22(26)21(17-9-13-19(14-10-17)27(5)6)18-11-15-20(16-12-18)28(7)8/h9-16H,1-8H3. The molecule has 0 bridgehead atoms. The predicted octanol–water partition coefficient (Wildman–Crippen LogP) is 5.18. The maximum atomic E-state index is 16.0. The molecule has 1 fully saturated rings. The Morgan fingerprint density at radius 3 is 1.33 bits per heavy atom. The van der Waals surface area contributed by atoms with Gasteiger partial charge in [-0.1, -0.05) is 24.3 Å². The van der Waals surface area contributed by atoms with Crippen LogP contribution in [0.15, 0.2) is 54.3 Å². The van der Waals surface area contributed by atoms with Crippen molar-refractivity contribution in [3.8, 4) is 0 Å². The Morgan fingerprint density at radius 1 is 0.700 bits per heavy atom. The lowest BCUT2D eigenvalue weighted by molar-refractivity contribution is 0.00578. The van der Waals surface area contributed by atoms with Crippen LogP contribution in [0.1, 0.15) is 38.8 Å². The fourth-order valence-electron chi connectivity index (χ4n) is 3.36. The molecule has 0 aliphatic carbocycles. The normalized spacial score (nSPS) is 17.0. The molecule has 2 aromatic rings. The van der Waals surface area contributed by atoms with Crippen LogP contribution in [0.5, 0.6) is 0 Å². The lowest BCUT2D eigenvalue weighted by Crippen LogP contribution is -2.41. The van der Waals surface area contributed by atoms with Crippen LogP contribution in [-0.4, -0.2) is 46.5 Å². The number of hydrogen-bond acceptors (Lipinski definition) is 4. The summed E-state index contributed by atoms with van der Waals surface area (Å²) in [6.45, 7) is 7.71. The quantitative estimate of drug-likeness (QED) is 0.635. The molecule has 6 heteroatoms. The maximum absolute atomic E-state index is 16.0. The van der Waals surface area contributed by atoms with Gasteiger partial charge >= 0.3 is 7.12 Å². The largest absolute Gasteiger partial charge is 0.525 e. The van der Waals surface area contributed by atoms with Crippen molar-refractivity contribution < 1.29 is 13.7 Å². The summed E-state index contributed by atoms with van der Waals surface area (Å²) in [6.07, 6.45) is 0. The lowest BCUT2D eigenvalue weighted by atomic mass is 9.80. The van der Waals surface area contributed by atoms with Gasteiger partial charge in [0.2, 0.25) is 0 Å². The highest BCUT2D eigenvalue weighted by Crippen LogP contribution is 2.41. The second-order valence-corrected chi connectivity index (χ2v) is 9.19. The van der Waals surface area contributed by atoms with E-state index < -0.39 is 24.0 Å². The van der Waals surface area contributed by atoms with Gasteiger partial charge in [-0.15, -0.1) is 0 Å². The fraction of sp³-hybridized carbons (Fsp3) is 0.417. The van der Waals surface area contributed by atoms with Crippen molar-refractivity contribution in [2.45, 2.75) is 38.9 Å². The molecule has 1 aliphatic heterocycles. The Morgan fingerprint density at radius 2 is 1.03 bits per heavy atom. The first-order valence-electron chi connectivity index (χ1n) is 10.2. The topological polar surface area (TPSA) is 24.9 Å². The summed E-state index contributed by atoms with van der Waals surface area (Å²) in [5, 5.41) is 0. The highest BCUT2D eigenvalue weighted by molar-refractivity contribution is 6.55. The molecule has 0 amide bonds. The minimum atomic E-state index is -1.05. The molecule has 0 atom stereocenters. The minimum absolute atomic E-state index is 0.413. The third-order valence-electron chi connectivity index (χ3n) is 6.04. The van der Waals surface area contributed by atoms with E-state index in [1.807, 2.05) is 114 Å².